The third kappa shape index (κ3) is 5.29. The number of fused-ring (bicyclic) bond motifs is 6. The lowest BCUT2D eigenvalue weighted by atomic mass is 9.58. The van der Waals surface area contributed by atoms with Crippen LogP contribution in [0.4, 0.5) is 11.4 Å². The topological polar surface area (TPSA) is 3.24 Å². The van der Waals surface area contributed by atoms with Crippen LogP contribution in [0.3, 0.4) is 0 Å². The van der Waals surface area contributed by atoms with Gasteiger partial charge in [0.2, 0.25) is 0 Å². The largest absolute Gasteiger partial charge is 0.313 e. The summed E-state index contributed by atoms with van der Waals surface area (Å²) in [7, 11) is 0. The second-order valence-electron chi connectivity index (χ2n) is 17.4. The zero-order valence-corrected chi connectivity index (χ0v) is 33.1. The van der Waals surface area contributed by atoms with Crippen molar-refractivity contribution in [3.8, 4) is 33.4 Å². The molecule has 57 heavy (non-hydrogen) atoms. The van der Waals surface area contributed by atoms with Crippen molar-refractivity contribution in [1.82, 2.24) is 0 Å². The fourth-order valence-corrected chi connectivity index (χ4v) is 10.2. The average Bonchev–Trinajstić information content (AvgIpc) is 3.26. The van der Waals surface area contributed by atoms with E-state index >= 15 is 0 Å². The molecule has 0 bridgehead atoms. The molecule has 0 radical (unpaired) electrons. The zero-order valence-electron chi connectivity index (χ0n) is 33.1. The quantitative estimate of drug-likeness (QED) is 0.174. The summed E-state index contributed by atoms with van der Waals surface area (Å²) in [5, 5.41) is 5.09. The van der Waals surface area contributed by atoms with E-state index in [0.717, 1.165) is 6.42 Å². The second kappa shape index (κ2) is 12.5. The number of benzene rings is 8. The number of rotatable bonds is 4. The van der Waals surface area contributed by atoms with Crippen LogP contribution in [-0.4, -0.2) is 0 Å². The molecule has 8 aromatic carbocycles. The summed E-state index contributed by atoms with van der Waals surface area (Å²) < 4.78 is 0. The lowest BCUT2D eigenvalue weighted by Crippen LogP contribution is -2.47. The van der Waals surface area contributed by atoms with Crippen molar-refractivity contribution < 1.29 is 0 Å². The van der Waals surface area contributed by atoms with Crippen LogP contribution in [-0.2, 0) is 10.8 Å². The molecule has 0 saturated heterocycles. The lowest BCUT2D eigenvalue weighted by molar-refractivity contribution is 0.343. The number of para-hydroxylation sites is 1. The molecule has 2 aliphatic heterocycles. The van der Waals surface area contributed by atoms with Gasteiger partial charge in [0.1, 0.15) is 0 Å². The van der Waals surface area contributed by atoms with E-state index in [4.69, 9.17) is 0 Å². The van der Waals surface area contributed by atoms with E-state index < -0.39 is 0 Å². The Morgan fingerprint density at radius 2 is 0.912 bits per heavy atom. The molecule has 1 nitrogen and oxygen atoms in total. The number of hydrogen-bond acceptors (Lipinski definition) is 1. The molecule has 0 spiro atoms. The van der Waals surface area contributed by atoms with Gasteiger partial charge in [-0.25, -0.2) is 0 Å². The van der Waals surface area contributed by atoms with Crippen molar-refractivity contribution in [2.45, 2.75) is 44.9 Å². The van der Waals surface area contributed by atoms with Crippen molar-refractivity contribution in [2.75, 3.05) is 4.90 Å². The van der Waals surface area contributed by atoms with E-state index in [1.165, 1.54) is 99.8 Å². The summed E-state index contributed by atoms with van der Waals surface area (Å²) in [6.45, 7) is 9.86. The van der Waals surface area contributed by atoms with Gasteiger partial charge in [0.05, 0.1) is 0 Å². The first-order chi connectivity index (χ1) is 27.7. The van der Waals surface area contributed by atoms with Crippen LogP contribution < -0.4 is 4.90 Å². The Hall–Kier alpha value is -6.44. The summed E-state index contributed by atoms with van der Waals surface area (Å²) in [6, 6.07) is 65.7. The van der Waals surface area contributed by atoms with Crippen molar-refractivity contribution >= 4 is 38.5 Å². The van der Waals surface area contributed by atoms with Crippen molar-refractivity contribution in [3.63, 3.8) is 0 Å². The van der Waals surface area contributed by atoms with Gasteiger partial charge in [-0.15, -0.1) is 0 Å². The highest BCUT2D eigenvalue weighted by Gasteiger charge is 2.51. The minimum atomic E-state index is -0.154. The maximum Gasteiger partial charge on any atom is 0.0499 e. The van der Waals surface area contributed by atoms with Crippen LogP contribution in [0.5, 0.6) is 0 Å². The van der Waals surface area contributed by atoms with Gasteiger partial charge in [-0.05, 0) is 132 Å². The summed E-state index contributed by atoms with van der Waals surface area (Å²) in [6.07, 6.45) is 3.53. The Bertz CT molecular complexity index is 3010. The van der Waals surface area contributed by atoms with E-state index in [1.807, 2.05) is 0 Å². The van der Waals surface area contributed by atoms with Gasteiger partial charge < -0.3 is 4.90 Å². The molecule has 0 amide bonds. The van der Waals surface area contributed by atoms with Gasteiger partial charge >= 0.3 is 0 Å². The molecule has 1 atom stereocenters. The summed E-state index contributed by atoms with van der Waals surface area (Å²) in [4.78, 5) is 2.63. The SMILES string of the molecule is CC1(C)C2=C3C(CC(c4cccc(-c5ccc6ccccc6c5)c4)=C2)C(C)(C)c2cc(-c4cccc(-c5ccc6ccccc6c5)c4)ccc2N3c2ccccc21. The normalized spacial score (nSPS) is 17.5. The van der Waals surface area contributed by atoms with E-state index in [-0.39, 0.29) is 16.7 Å². The third-order valence-corrected chi connectivity index (χ3v) is 13.5. The predicted octanol–water partition coefficient (Wildman–Crippen LogP) is 15.1. The maximum absolute atomic E-state index is 2.63. The molecule has 1 unspecified atom stereocenters. The standard InChI is InChI=1S/C56H45N/c1-55(2)48-21-9-10-22-52(48)57-53-28-27-46(42-19-11-17-40(31-42)44-25-23-36-13-5-7-15-38(36)29-44)33-49(53)56(3,4)51-35-47(34-50(55)54(51)57)43-20-12-18-41(32-43)45-26-24-37-14-6-8-16-39(37)30-45/h5-34,51H,35H2,1-4H3. The summed E-state index contributed by atoms with van der Waals surface area (Å²) in [5.74, 6) is 0.288. The minimum absolute atomic E-state index is 0.129. The van der Waals surface area contributed by atoms with Crippen LogP contribution in [0, 0.1) is 5.92 Å². The fourth-order valence-electron chi connectivity index (χ4n) is 10.2. The van der Waals surface area contributed by atoms with Gasteiger partial charge in [0.15, 0.2) is 0 Å². The molecule has 1 heteroatoms. The van der Waals surface area contributed by atoms with E-state index in [9.17, 15) is 0 Å². The fraction of sp³-hybridized carbons (Fsp3) is 0.143. The molecule has 2 heterocycles. The van der Waals surface area contributed by atoms with Gasteiger partial charge in [0.25, 0.3) is 0 Å². The maximum atomic E-state index is 2.63. The first kappa shape index (κ1) is 33.9. The smallest absolute Gasteiger partial charge is 0.0499 e. The first-order valence-electron chi connectivity index (χ1n) is 20.4. The van der Waals surface area contributed by atoms with Crippen LogP contribution in [0.25, 0.3) is 60.5 Å². The number of hydrogen-bond donors (Lipinski definition) is 0. The number of anilines is 2. The van der Waals surface area contributed by atoms with Crippen molar-refractivity contribution in [2.24, 2.45) is 5.92 Å². The van der Waals surface area contributed by atoms with Crippen LogP contribution in [0.1, 0.15) is 50.8 Å². The van der Waals surface area contributed by atoms with Gasteiger partial charge in [-0.1, -0.05) is 167 Å². The highest BCUT2D eigenvalue weighted by Crippen LogP contribution is 2.62. The Kier molecular flexibility index (Phi) is 7.45. The number of nitrogens with zero attached hydrogens (tertiary/aromatic N) is 1. The molecule has 0 fully saturated rings. The third-order valence-electron chi connectivity index (χ3n) is 13.5. The monoisotopic (exact) mass is 731 g/mol. The van der Waals surface area contributed by atoms with Crippen LogP contribution in [0.2, 0.25) is 0 Å². The van der Waals surface area contributed by atoms with Crippen LogP contribution >= 0.6 is 0 Å². The summed E-state index contributed by atoms with van der Waals surface area (Å²) in [5.41, 5.74) is 18.3. The Labute approximate surface area is 336 Å². The zero-order chi connectivity index (χ0) is 38.5. The molecule has 1 aliphatic carbocycles. The van der Waals surface area contributed by atoms with E-state index in [2.05, 4.69) is 215 Å². The Morgan fingerprint density at radius 3 is 1.56 bits per heavy atom. The van der Waals surface area contributed by atoms with Crippen molar-refractivity contribution in [3.05, 3.63) is 210 Å². The first-order valence-corrected chi connectivity index (χ1v) is 20.4. The summed E-state index contributed by atoms with van der Waals surface area (Å²) >= 11 is 0. The highest BCUT2D eigenvalue weighted by molar-refractivity contribution is 5.91. The van der Waals surface area contributed by atoms with E-state index in [1.54, 1.807) is 0 Å². The molecule has 0 saturated carbocycles. The van der Waals surface area contributed by atoms with Gasteiger partial charge in [-0.3, -0.25) is 0 Å². The van der Waals surface area contributed by atoms with Crippen molar-refractivity contribution in [1.29, 1.82) is 0 Å². The van der Waals surface area contributed by atoms with E-state index in [0.29, 0.717) is 0 Å². The average molecular weight is 732 g/mol. The molecule has 274 valence electrons. The van der Waals surface area contributed by atoms with Gasteiger partial charge in [-0.2, -0.15) is 0 Å². The molecule has 8 aromatic rings. The van der Waals surface area contributed by atoms with Crippen LogP contribution in [0.15, 0.2) is 193 Å². The molecule has 0 N–H and O–H groups in total. The Balaban J connectivity index is 1.04. The lowest BCUT2D eigenvalue weighted by Gasteiger charge is -2.55. The number of allylic oxidation sites excluding steroid dienone is 4. The molecule has 3 aliphatic rings. The molecule has 0 aromatic heterocycles. The molecule has 11 rings (SSSR count). The second-order valence-corrected chi connectivity index (χ2v) is 17.4. The predicted molar refractivity (Wildman–Crippen MR) is 242 cm³/mol. The highest BCUT2D eigenvalue weighted by atomic mass is 15.2. The minimum Gasteiger partial charge on any atom is -0.313 e. The molecular formula is C56H45N. The molecular weight excluding hydrogens is 687 g/mol. The van der Waals surface area contributed by atoms with Gasteiger partial charge in [0, 0.05) is 33.8 Å². The Morgan fingerprint density at radius 1 is 0.421 bits per heavy atom.